The van der Waals surface area contributed by atoms with Crippen LogP contribution >= 0.6 is 0 Å². The summed E-state index contributed by atoms with van der Waals surface area (Å²) >= 11 is 0. The van der Waals surface area contributed by atoms with Crippen LogP contribution in [0, 0.1) is 0 Å². The average Bonchev–Trinajstić information content (AvgIpc) is 2.57. The zero-order valence-corrected chi connectivity index (χ0v) is 21.7. The van der Waals surface area contributed by atoms with E-state index in [-0.39, 0.29) is 23.4 Å². The van der Waals surface area contributed by atoms with Gasteiger partial charge in [0.05, 0.1) is 18.1 Å². The Bertz CT molecular complexity index is 722. The molecule has 0 aromatic heterocycles. The van der Waals surface area contributed by atoms with Gasteiger partial charge >= 0.3 is 5.97 Å². The van der Waals surface area contributed by atoms with Crippen LogP contribution in [0.2, 0.25) is 0 Å². The summed E-state index contributed by atoms with van der Waals surface area (Å²) in [6.45, 7) is 24.0. The molecule has 0 saturated heterocycles. The summed E-state index contributed by atoms with van der Waals surface area (Å²) in [5.74, 6) is -0.433. The average molecular weight is 437 g/mol. The molecule has 0 radical (unpaired) electrons. The van der Waals surface area contributed by atoms with E-state index in [4.69, 9.17) is 14.5 Å². The Hall–Kier alpha value is -1.59. The molecule has 1 unspecified atom stereocenters. The van der Waals surface area contributed by atoms with Crippen LogP contribution in [0.3, 0.4) is 0 Å². The molecule has 0 saturated carbocycles. The number of benzene rings is 1. The van der Waals surface area contributed by atoms with E-state index in [0.29, 0.717) is 12.2 Å². The minimum atomic E-state index is -0.575. The first-order valence-electron chi connectivity index (χ1n) is 11.2. The molecule has 5 heteroatoms. The lowest BCUT2D eigenvalue weighted by Crippen LogP contribution is -2.32. The Morgan fingerprint density at radius 3 is 1.71 bits per heavy atom. The fraction of sp³-hybridized carbons (Fsp3) is 0.731. The highest BCUT2D eigenvalue weighted by atomic mass is 17.2. The van der Waals surface area contributed by atoms with Crippen molar-refractivity contribution in [3.05, 3.63) is 28.8 Å². The molecular weight excluding hydrogens is 392 g/mol. The van der Waals surface area contributed by atoms with E-state index >= 15 is 0 Å². The molecule has 0 bridgehead atoms. The van der Waals surface area contributed by atoms with Crippen molar-refractivity contribution < 1.29 is 24.4 Å². The fourth-order valence-corrected chi connectivity index (χ4v) is 2.99. The predicted molar refractivity (Wildman–Crippen MR) is 125 cm³/mol. The number of carbonyl (C=O) groups is 1. The summed E-state index contributed by atoms with van der Waals surface area (Å²) in [7, 11) is 0. The summed E-state index contributed by atoms with van der Waals surface area (Å²) in [6, 6.07) is 3.86. The Morgan fingerprint density at radius 2 is 1.32 bits per heavy atom. The number of rotatable bonds is 7. The van der Waals surface area contributed by atoms with E-state index in [9.17, 15) is 9.90 Å². The van der Waals surface area contributed by atoms with E-state index in [1.165, 1.54) is 0 Å². The van der Waals surface area contributed by atoms with Crippen molar-refractivity contribution >= 4 is 5.97 Å². The van der Waals surface area contributed by atoms with Gasteiger partial charge in [0.15, 0.2) is 0 Å². The van der Waals surface area contributed by atoms with Crippen LogP contribution in [0.15, 0.2) is 12.1 Å². The van der Waals surface area contributed by atoms with Crippen molar-refractivity contribution in [3.8, 4) is 5.75 Å². The Morgan fingerprint density at radius 1 is 0.871 bits per heavy atom. The molecule has 31 heavy (non-hydrogen) atoms. The summed E-state index contributed by atoms with van der Waals surface area (Å²) in [5.41, 5.74) is 1.04. The first kappa shape index (κ1) is 27.4. The standard InChI is InChI=1S/C26H44O5/c1-17(22(28)29-14-13-26(11,12)31-30-25(8,9)10)18-15-19(23(2,3)4)21(27)20(16-18)24(5,6)7/h15-17,27H,13-14H2,1-12H3. The summed E-state index contributed by atoms with van der Waals surface area (Å²) in [4.78, 5) is 23.7. The Labute approximate surface area is 189 Å². The van der Waals surface area contributed by atoms with Crippen LogP contribution in [0.4, 0.5) is 0 Å². The zero-order valence-electron chi connectivity index (χ0n) is 21.7. The maximum absolute atomic E-state index is 12.8. The number of carbonyl (C=O) groups excluding carboxylic acids is 1. The van der Waals surface area contributed by atoms with Gasteiger partial charge in [-0.25, -0.2) is 9.78 Å². The zero-order chi connectivity index (χ0) is 24.4. The van der Waals surface area contributed by atoms with Crippen LogP contribution < -0.4 is 0 Å². The monoisotopic (exact) mass is 436 g/mol. The van der Waals surface area contributed by atoms with Gasteiger partial charge in [-0.3, -0.25) is 4.79 Å². The largest absolute Gasteiger partial charge is 0.507 e. The first-order chi connectivity index (χ1) is 13.7. The third kappa shape index (κ3) is 8.46. The fourth-order valence-electron chi connectivity index (χ4n) is 2.99. The molecule has 1 atom stereocenters. The second-order valence-corrected chi connectivity index (χ2v) is 12.1. The van der Waals surface area contributed by atoms with Crippen LogP contribution in [0.25, 0.3) is 0 Å². The van der Waals surface area contributed by atoms with Crippen molar-refractivity contribution in [2.24, 2.45) is 0 Å². The van der Waals surface area contributed by atoms with Gasteiger partial charge < -0.3 is 9.84 Å². The van der Waals surface area contributed by atoms with Gasteiger partial charge in [-0.2, -0.15) is 0 Å². The Kier molecular flexibility index (Phi) is 8.41. The topological polar surface area (TPSA) is 65.0 Å². The van der Waals surface area contributed by atoms with Gasteiger partial charge in [-0.1, -0.05) is 53.7 Å². The van der Waals surface area contributed by atoms with Crippen LogP contribution in [-0.4, -0.2) is 28.9 Å². The third-order valence-corrected chi connectivity index (χ3v) is 5.07. The summed E-state index contributed by atoms with van der Waals surface area (Å²) in [6.07, 6.45) is 0.512. The maximum Gasteiger partial charge on any atom is 0.313 e. The molecular formula is C26H44O5. The predicted octanol–water partition coefficient (Wildman–Crippen LogP) is 6.55. The van der Waals surface area contributed by atoms with Crippen LogP contribution in [0.5, 0.6) is 5.75 Å². The number of hydrogen-bond donors (Lipinski definition) is 1. The second-order valence-electron chi connectivity index (χ2n) is 12.1. The molecule has 5 nitrogen and oxygen atoms in total. The first-order valence-corrected chi connectivity index (χ1v) is 11.2. The third-order valence-electron chi connectivity index (χ3n) is 5.07. The summed E-state index contributed by atoms with van der Waals surface area (Å²) < 4.78 is 5.57. The highest BCUT2D eigenvalue weighted by Crippen LogP contribution is 2.41. The lowest BCUT2D eigenvalue weighted by molar-refractivity contribution is -0.398. The molecule has 0 aliphatic rings. The molecule has 0 heterocycles. The molecule has 0 spiro atoms. The second kappa shape index (κ2) is 9.50. The SMILES string of the molecule is CC(C(=O)OCCC(C)(C)OOC(C)(C)C)c1cc(C(C)(C)C)c(O)c(C(C)(C)C)c1. The van der Waals surface area contributed by atoms with Crippen molar-refractivity contribution in [2.75, 3.05) is 6.61 Å². The van der Waals surface area contributed by atoms with E-state index in [1.54, 1.807) is 0 Å². The van der Waals surface area contributed by atoms with Gasteiger partial charge in [-0.15, -0.1) is 0 Å². The van der Waals surface area contributed by atoms with Crippen molar-refractivity contribution in [3.63, 3.8) is 0 Å². The van der Waals surface area contributed by atoms with Gasteiger partial charge in [0.25, 0.3) is 0 Å². The van der Waals surface area contributed by atoms with E-state index < -0.39 is 17.1 Å². The minimum absolute atomic E-state index is 0.236. The molecule has 1 rings (SSSR count). The lowest BCUT2D eigenvalue weighted by atomic mass is 9.77. The van der Waals surface area contributed by atoms with Crippen LogP contribution in [0.1, 0.15) is 112 Å². The van der Waals surface area contributed by atoms with Crippen molar-refractivity contribution in [1.82, 2.24) is 0 Å². The Balaban J connectivity index is 2.97. The number of esters is 1. The number of hydrogen-bond acceptors (Lipinski definition) is 5. The molecule has 178 valence electrons. The highest BCUT2D eigenvalue weighted by molar-refractivity contribution is 5.78. The molecule has 0 aliphatic carbocycles. The molecule has 0 fully saturated rings. The minimum Gasteiger partial charge on any atom is -0.507 e. The molecule has 1 N–H and O–H groups in total. The molecule has 0 aliphatic heterocycles. The van der Waals surface area contributed by atoms with E-state index in [2.05, 4.69) is 41.5 Å². The van der Waals surface area contributed by atoms with E-state index in [0.717, 1.165) is 16.7 Å². The summed E-state index contributed by atoms with van der Waals surface area (Å²) in [5, 5.41) is 10.9. The molecule has 1 aromatic carbocycles. The number of phenolic OH excluding ortho intramolecular Hbond substituents is 1. The van der Waals surface area contributed by atoms with Gasteiger partial charge in [0, 0.05) is 6.42 Å². The normalized spacial score (nSPS) is 14.5. The maximum atomic E-state index is 12.8. The van der Waals surface area contributed by atoms with Gasteiger partial charge in [0.1, 0.15) is 11.4 Å². The highest BCUT2D eigenvalue weighted by Gasteiger charge is 2.30. The smallest absolute Gasteiger partial charge is 0.313 e. The van der Waals surface area contributed by atoms with Crippen LogP contribution in [-0.2, 0) is 30.1 Å². The van der Waals surface area contributed by atoms with E-state index in [1.807, 2.05) is 53.7 Å². The number of ether oxygens (including phenoxy) is 1. The van der Waals surface area contributed by atoms with Gasteiger partial charge in [-0.05, 0) is 69.1 Å². The molecule has 1 aromatic rings. The number of aromatic hydroxyl groups is 1. The lowest BCUT2D eigenvalue weighted by Gasteiger charge is -2.29. The van der Waals surface area contributed by atoms with Crippen molar-refractivity contribution in [1.29, 1.82) is 0 Å². The molecule has 0 amide bonds. The number of phenols is 1. The quantitative estimate of drug-likeness (QED) is 0.298. The van der Waals surface area contributed by atoms with Crippen molar-refractivity contribution in [2.45, 2.75) is 117 Å². The van der Waals surface area contributed by atoms with Gasteiger partial charge in [0.2, 0.25) is 0 Å².